The minimum atomic E-state index is 0.315. The Morgan fingerprint density at radius 1 is 1.21 bits per heavy atom. The van der Waals surface area contributed by atoms with E-state index in [1.54, 1.807) is 0 Å². The van der Waals surface area contributed by atoms with Crippen LogP contribution in [-0.4, -0.2) is 16.6 Å². The summed E-state index contributed by atoms with van der Waals surface area (Å²) in [5.74, 6) is 0. The van der Waals surface area contributed by atoms with Crippen molar-refractivity contribution in [2.75, 3.05) is 0 Å². The highest BCUT2D eigenvalue weighted by Crippen LogP contribution is 2.21. The lowest BCUT2D eigenvalue weighted by Crippen LogP contribution is -2.12. The maximum atomic E-state index is 12.4. The first-order valence-corrected chi connectivity index (χ1v) is 4.78. The van der Waals surface area contributed by atoms with Crippen LogP contribution < -0.4 is 0 Å². The minimum absolute atomic E-state index is 0.315. The van der Waals surface area contributed by atoms with Gasteiger partial charge in [0.15, 0.2) is 11.8 Å². The molecule has 0 aromatic heterocycles. The second-order valence-electron chi connectivity index (χ2n) is 2.53. The molecule has 1 aliphatic heterocycles. The van der Waals surface area contributed by atoms with E-state index < -0.39 is 0 Å². The molecule has 5 heteroatoms. The third-order valence-corrected chi connectivity index (χ3v) is 2.41. The third kappa shape index (κ3) is 2.32. The van der Waals surface area contributed by atoms with Crippen molar-refractivity contribution in [3.05, 3.63) is 37.0 Å². The van der Waals surface area contributed by atoms with Crippen LogP contribution in [0.1, 0.15) is 0 Å². The van der Waals surface area contributed by atoms with Crippen LogP contribution in [0.2, 0.25) is 0 Å². The van der Waals surface area contributed by atoms with Crippen LogP contribution >= 0.6 is 11.8 Å². The maximum absolute atomic E-state index is 12.4. The van der Waals surface area contributed by atoms with E-state index in [1.807, 2.05) is 30.3 Å². The van der Waals surface area contributed by atoms with Crippen molar-refractivity contribution in [3.8, 4) is 0 Å². The summed E-state index contributed by atoms with van der Waals surface area (Å²) in [5, 5.41) is 0.847. The van der Waals surface area contributed by atoms with Gasteiger partial charge in [0.1, 0.15) is 6.34 Å². The Balaban J connectivity index is 2.03. The number of halogens is 1. The smallest absolute Gasteiger partial charge is 0.197 e. The van der Waals surface area contributed by atoms with Crippen molar-refractivity contribution >= 4 is 23.3 Å². The zero-order chi connectivity index (χ0) is 9.80. The molecule has 0 aliphatic carbocycles. The fraction of sp³-hybridized carbons (Fsp3) is 0. The molecule has 0 fully saturated rings. The molecule has 71 valence electrons. The highest BCUT2D eigenvalue weighted by molar-refractivity contribution is 8.14. The van der Waals surface area contributed by atoms with E-state index in [0.29, 0.717) is 10.3 Å². The molecule has 0 bridgehead atoms. The molecule has 0 atom stereocenters. The largest absolute Gasteiger partial charge is 0.228 e. The molecule has 1 aromatic carbocycles. The van der Waals surface area contributed by atoms with Crippen molar-refractivity contribution in [1.82, 2.24) is 5.12 Å². The molecule has 1 aromatic rings. The summed E-state index contributed by atoms with van der Waals surface area (Å²) in [6.07, 6.45) is 1.08. The maximum Gasteiger partial charge on any atom is 0.197 e. The lowest BCUT2D eigenvalue weighted by molar-refractivity contribution is 0.169. The summed E-state index contributed by atoms with van der Waals surface area (Å²) in [6, 6.07) is 9.70. The third-order valence-electron chi connectivity index (χ3n) is 1.51. The zero-order valence-corrected chi connectivity index (χ0v) is 7.99. The van der Waals surface area contributed by atoms with Crippen LogP contribution in [-0.2, 0) is 0 Å². The standard InChI is InChI=1S/C9H7FN3S/c10-13-6-11-9(12-7-13)14-8-4-2-1-3-5-8/h1-7H. The van der Waals surface area contributed by atoms with Crippen molar-refractivity contribution in [3.63, 3.8) is 0 Å². The molecule has 1 radical (unpaired) electrons. The molecule has 0 saturated carbocycles. The first kappa shape index (κ1) is 9.21. The second-order valence-corrected chi connectivity index (χ2v) is 3.57. The van der Waals surface area contributed by atoms with Crippen molar-refractivity contribution in [1.29, 1.82) is 0 Å². The average Bonchev–Trinajstić information content (AvgIpc) is 2.23. The van der Waals surface area contributed by atoms with Gasteiger partial charge in [-0.05, 0) is 12.1 Å². The molecule has 1 aliphatic rings. The lowest BCUT2D eigenvalue weighted by Gasteiger charge is -2.09. The average molecular weight is 208 g/mol. The molecule has 14 heavy (non-hydrogen) atoms. The summed E-state index contributed by atoms with van der Waals surface area (Å²) in [7, 11) is 0. The van der Waals surface area contributed by atoms with Crippen LogP contribution in [0.5, 0.6) is 0 Å². The van der Waals surface area contributed by atoms with Gasteiger partial charge in [-0.1, -0.05) is 34.4 Å². The molecule has 0 amide bonds. The van der Waals surface area contributed by atoms with Gasteiger partial charge in [0.05, 0.1) is 0 Å². The fourth-order valence-corrected chi connectivity index (χ4v) is 1.62. The number of nitrogens with zero attached hydrogens (tertiary/aromatic N) is 3. The van der Waals surface area contributed by atoms with Crippen molar-refractivity contribution in [2.24, 2.45) is 9.98 Å². The number of benzene rings is 1. The molecule has 2 rings (SSSR count). The van der Waals surface area contributed by atoms with E-state index in [2.05, 4.69) is 9.98 Å². The first-order chi connectivity index (χ1) is 6.84. The van der Waals surface area contributed by atoms with Gasteiger partial charge in [-0.25, -0.2) is 9.98 Å². The van der Waals surface area contributed by atoms with Crippen LogP contribution in [0.15, 0.2) is 45.2 Å². The van der Waals surface area contributed by atoms with Gasteiger partial charge in [-0.15, -0.1) is 0 Å². The lowest BCUT2D eigenvalue weighted by atomic mass is 10.4. The van der Waals surface area contributed by atoms with E-state index in [9.17, 15) is 4.48 Å². The number of rotatable bonds is 1. The van der Waals surface area contributed by atoms with Gasteiger partial charge in [0.25, 0.3) is 0 Å². The summed E-state index contributed by atoms with van der Waals surface area (Å²) >= 11 is 1.39. The summed E-state index contributed by atoms with van der Waals surface area (Å²) in [4.78, 5) is 8.66. The van der Waals surface area contributed by atoms with Gasteiger partial charge < -0.3 is 0 Å². The molecular formula is C9H7FN3S. The highest BCUT2D eigenvalue weighted by Gasteiger charge is 2.07. The monoisotopic (exact) mass is 208 g/mol. The molecule has 0 unspecified atom stereocenters. The van der Waals surface area contributed by atoms with E-state index >= 15 is 0 Å². The molecular weight excluding hydrogens is 201 g/mol. The fourth-order valence-electron chi connectivity index (χ4n) is 0.919. The number of hydrogen-bond acceptors (Lipinski definition) is 4. The van der Waals surface area contributed by atoms with Crippen LogP contribution in [0.3, 0.4) is 0 Å². The normalized spacial score (nSPS) is 15.5. The number of hydrogen-bond donors (Lipinski definition) is 0. The van der Waals surface area contributed by atoms with E-state index in [0.717, 1.165) is 17.9 Å². The Kier molecular flexibility index (Phi) is 2.78. The van der Waals surface area contributed by atoms with Gasteiger partial charge in [-0.2, -0.15) is 5.12 Å². The van der Waals surface area contributed by atoms with E-state index in [-0.39, 0.29) is 0 Å². The second kappa shape index (κ2) is 4.23. The predicted molar refractivity (Wildman–Crippen MR) is 55.5 cm³/mol. The van der Waals surface area contributed by atoms with Gasteiger partial charge in [0, 0.05) is 4.90 Å². The Morgan fingerprint density at radius 2 is 2.00 bits per heavy atom. The molecule has 3 nitrogen and oxygen atoms in total. The zero-order valence-electron chi connectivity index (χ0n) is 7.17. The Bertz CT molecular complexity index is 364. The summed E-state index contributed by atoms with van der Waals surface area (Å²) in [5.41, 5.74) is 0. The Hall–Kier alpha value is -1.36. The van der Waals surface area contributed by atoms with Crippen molar-refractivity contribution in [2.45, 2.75) is 4.90 Å². The minimum Gasteiger partial charge on any atom is -0.228 e. The molecule has 1 heterocycles. The topological polar surface area (TPSA) is 28.0 Å². The predicted octanol–water partition coefficient (Wildman–Crippen LogP) is 2.48. The molecule has 0 N–H and O–H groups in total. The Morgan fingerprint density at radius 3 is 2.64 bits per heavy atom. The van der Waals surface area contributed by atoms with E-state index in [1.165, 1.54) is 11.8 Å². The quantitative estimate of drug-likeness (QED) is 0.663. The summed E-state index contributed by atoms with van der Waals surface area (Å²) in [6.45, 7) is 1.08. The number of aliphatic imine (C=N–C) groups is 2. The van der Waals surface area contributed by atoms with Gasteiger partial charge in [0.2, 0.25) is 0 Å². The van der Waals surface area contributed by atoms with Crippen LogP contribution in [0.4, 0.5) is 4.48 Å². The molecule has 0 spiro atoms. The van der Waals surface area contributed by atoms with Crippen molar-refractivity contribution < 1.29 is 4.48 Å². The number of amidine groups is 1. The van der Waals surface area contributed by atoms with Crippen LogP contribution in [0, 0.1) is 6.67 Å². The highest BCUT2D eigenvalue weighted by atomic mass is 32.2. The van der Waals surface area contributed by atoms with Crippen LogP contribution in [0.25, 0.3) is 0 Å². The van der Waals surface area contributed by atoms with Gasteiger partial charge >= 0.3 is 0 Å². The van der Waals surface area contributed by atoms with E-state index in [4.69, 9.17) is 0 Å². The number of thioether (sulfide) groups is 1. The molecule has 0 saturated heterocycles. The van der Waals surface area contributed by atoms with Gasteiger partial charge in [-0.3, -0.25) is 0 Å². The SMILES string of the molecule is FN1[CH]N=C(Sc2ccccc2)N=C1. The summed E-state index contributed by atoms with van der Waals surface area (Å²) < 4.78 is 12.4. The Labute approximate surface area is 85.3 Å². The first-order valence-electron chi connectivity index (χ1n) is 3.97.